The number of carbonyl (C=O) groups excluding carboxylic acids is 2. The van der Waals surface area contributed by atoms with Crippen molar-refractivity contribution in [1.29, 1.82) is 0 Å². The van der Waals surface area contributed by atoms with Crippen molar-refractivity contribution >= 4 is 17.8 Å². The lowest BCUT2D eigenvalue weighted by Gasteiger charge is -2.36. The first kappa shape index (κ1) is 16.0. The number of hydrogen-bond acceptors (Lipinski definition) is 3. The molecule has 1 aliphatic heterocycles. The molecule has 22 heavy (non-hydrogen) atoms. The Morgan fingerprint density at radius 3 is 2.68 bits per heavy atom. The number of nitrogens with zero attached hydrogens (tertiary/aromatic N) is 1. The van der Waals surface area contributed by atoms with Crippen LogP contribution >= 0.6 is 0 Å². The van der Waals surface area contributed by atoms with Crippen LogP contribution in [0.5, 0.6) is 0 Å². The molecular formula is C16H20N2O4. The van der Waals surface area contributed by atoms with E-state index in [2.05, 4.69) is 5.32 Å². The minimum absolute atomic E-state index is 0.0627. The molecule has 0 radical (unpaired) electrons. The molecule has 1 fully saturated rings. The Hall–Kier alpha value is -2.37. The third-order valence-electron chi connectivity index (χ3n) is 3.64. The van der Waals surface area contributed by atoms with E-state index in [9.17, 15) is 14.4 Å². The third kappa shape index (κ3) is 3.44. The quantitative estimate of drug-likeness (QED) is 0.879. The van der Waals surface area contributed by atoms with E-state index in [1.165, 1.54) is 18.2 Å². The van der Waals surface area contributed by atoms with Crippen LogP contribution in [0.3, 0.4) is 0 Å². The highest BCUT2D eigenvalue weighted by Crippen LogP contribution is 2.18. The lowest BCUT2D eigenvalue weighted by Crippen LogP contribution is -2.57. The molecule has 0 aliphatic carbocycles. The fourth-order valence-corrected chi connectivity index (χ4v) is 2.59. The Balaban J connectivity index is 2.27. The Morgan fingerprint density at radius 2 is 2.05 bits per heavy atom. The van der Waals surface area contributed by atoms with Gasteiger partial charge in [0.2, 0.25) is 5.91 Å². The smallest absolute Gasteiger partial charge is 0.335 e. The second kappa shape index (κ2) is 6.60. The number of carboxylic acids is 1. The summed E-state index contributed by atoms with van der Waals surface area (Å²) in [6, 6.07) is 5.40. The summed E-state index contributed by atoms with van der Waals surface area (Å²) in [7, 11) is 0. The number of aromatic carboxylic acids is 1. The lowest BCUT2D eigenvalue weighted by molar-refractivity contribution is -0.128. The standard InChI is InChI=1S/C16H20N2O4/c1-10(2)8-13-14(19)17-6-7-18(13)15(20)11-4-3-5-12(9-11)16(21)22/h3-5,9-10,13H,6-8H2,1-2H3,(H,17,19)(H,21,22). The third-order valence-corrected chi connectivity index (χ3v) is 3.64. The van der Waals surface area contributed by atoms with E-state index in [1.807, 2.05) is 13.8 Å². The van der Waals surface area contributed by atoms with Gasteiger partial charge in [-0.25, -0.2) is 4.79 Å². The van der Waals surface area contributed by atoms with Gasteiger partial charge in [0.1, 0.15) is 6.04 Å². The van der Waals surface area contributed by atoms with E-state index in [1.54, 1.807) is 11.0 Å². The van der Waals surface area contributed by atoms with Crippen LogP contribution in [0.25, 0.3) is 0 Å². The predicted molar refractivity (Wildman–Crippen MR) is 80.7 cm³/mol. The first-order valence-corrected chi connectivity index (χ1v) is 7.32. The molecule has 1 unspecified atom stereocenters. The van der Waals surface area contributed by atoms with Crippen molar-refractivity contribution in [3.8, 4) is 0 Å². The zero-order valence-corrected chi connectivity index (χ0v) is 12.7. The van der Waals surface area contributed by atoms with Crippen LogP contribution in [0.2, 0.25) is 0 Å². The summed E-state index contributed by atoms with van der Waals surface area (Å²) in [5.41, 5.74) is 0.357. The molecule has 2 N–H and O–H groups in total. The highest BCUT2D eigenvalue weighted by molar-refractivity contribution is 6.00. The summed E-state index contributed by atoms with van der Waals surface area (Å²) in [6.07, 6.45) is 0.580. The number of benzene rings is 1. The van der Waals surface area contributed by atoms with Crippen LogP contribution in [0, 0.1) is 5.92 Å². The van der Waals surface area contributed by atoms with Gasteiger partial charge in [0, 0.05) is 18.7 Å². The summed E-state index contributed by atoms with van der Waals surface area (Å²) >= 11 is 0. The molecule has 1 heterocycles. The summed E-state index contributed by atoms with van der Waals surface area (Å²) in [6.45, 7) is 4.84. The Morgan fingerprint density at radius 1 is 1.36 bits per heavy atom. The van der Waals surface area contributed by atoms with Crippen LogP contribution in [0.15, 0.2) is 24.3 Å². The molecule has 1 saturated heterocycles. The molecule has 6 nitrogen and oxygen atoms in total. The number of nitrogens with one attached hydrogen (secondary N) is 1. The van der Waals surface area contributed by atoms with Gasteiger partial charge in [-0.3, -0.25) is 9.59 Å². The highest BCUT2D eigenvalue weighted by Gasteiger charge is 2.33. The van der Waals surface area contributed by atoms with Gasteiger partial charge in [0.05, 0.1) is 5.56 Å². The van der Waals surface area contributed by atoms with E-state index in [4.69, 9.17) is 5.11 Å². The van der Waals surface area contributed by atoms with Crippen molar-refractivity contribution in [3.05, 3.63) is 35.4 Å². The fraction of sp³-hybridized carbons (Fsp3) is 0.438. The topological polar surface area (TPSA) is 86.7 Å². The van der Waals surface area contributed by atoms with Crippen molar-refractivity contribution in [1.82, 2.24) is 10.2 Å². The normalized spacial score (nSPS) is 18.2. The first-order valence-electron chi connectivity index (χ1n) is 7.32. The van der Waals surface area contributed by atoms with E-state index < -0.39 is 12.0 Å². The summed E-state index contributed by atoms with van der Waals surface area (Å²) in [4.78, 5) is 37.3. The predicted octanol–water partition coefficient (Wildman–Crippen LogP) is 1.37. The number of carboxylic acid groups (broad SMARTS) is 1. The molecule has 2 amide bonds. The fourth-order valence-electron chi connectivity index (χ4n) is 2.59. The number of piperazine rings is 1. The molecule has 2 rings (SSSR count). The van der Waals surface area contributed by atoms with E-state index >= 15 is 0 Å². The molecule has 0 aromatic heterocycles. The molecule has 1 aromatic carbocycles. The summed E-state index contributed by atoms with van der Waals surface area (Å²) in [5, 5.41) is 11.8. The van der Waals surface area contributed by atoms with Gasteiger partial charge in [-0.2, -0.15) is 0 Å². The molecule has 0 saturated carbocycles. The average molecular weight is 304 g/mol. The van der Waals surface area contributed by atoms with Crippen molar-refractivity contribution < 1.29 is 19.5 Å². The SMILES string of the molecule is CC(C)CC1C(=O)NCCN1C(=O)c1cccc(C(=O)O)c1. The summed E-state index contributed by atoms with van der Waals surface area (Å²) in [5.74, 6) is -1.26. The van der Waals surface area contributed by atoms with Crippen molar-refractivity contribution in [2.75, 3.05) is 13.1 Å². The minimum atomic E-state index is -1.08. The van der Waals surface area contributed by atoms with Gasteiger partial charge >= 0.3 is 5.97 Å². The van der Waals surface area contributed by atoms with Gasteiger partial charge in [0.25, 0.3) is 5.91 Å². The summed E-state index contributed by atoms with van der Waals surface area (Å²) < 4.78 is 0. The van der Waals surface area contributed by atoms with Crippen molar-refractivity contribution in [2.24, 2.45) is 5.92 Å². The van der Waals surface area contributed by atoms with Gasteiger partial charge in [-0.05, 0) is 30.5 Å². The Bertz CT molecular complexity index is 598. The lowest BCUT2D eigenvalue weighted by atomic mass is 9.99. The monoisotopic (exact) mass is 304 g/mol. The molecule has 0 spiro atoms. The van der Waals surface area contributed by atoms with Gasteiger partial charge in [0.15, 0.2) is 0 Å². The maximum atomic E-state index is 12.7. The maximum Gasteiger partial charge on any atom is 0.335 e. The average Bonchev–Trinajstić information content (AvgIpc) is 2.48. The molecular weight excluding hydrogens is 284 g/mol. The van der Waals surface area contributed by atoms with Crippen LogP contribution in [-0.4, -0.2) is 46.9 Å². The minimum Gasteiger partial charge on any atom is -0.478 e. The van der Waals surface area contributed by atoms with Crippen molar-refractivity contribution in [2.45, 2.75) is 26.3 Å². The second-order valence-electron chi connectivity index (χ2n) is 5.82. The molecule has 1 atom stereocenters. The number of carbonyl (C=O) groups is 3. The van der Waals surface area contributed by atoms with E-state index in [0.29, 0.717) is 25.1 Å². The van der Waals surface area contributed by atoms with Crippen LogP contribution < -0.4 is 5.32 Å². The van der Waals surface area contributed by atoms with Gasteiger partial charge in [-0.15, -0.1) is 0 Å². The molecule has 6 heteroatoms. The number of hydrogen-bond donors (Lipinski definition) is 2. The molecule has 118 valence electrons. The van der Waals surface area contributed by atoms with Crippen LogP contribution in [0.1, 0.15) is 41.0 Å². The maximum absolute atomic E-state index is 12.7. The van der Waals surface area contributed by atoms with Crippen LogP contribution in [-0.2, 0) is 4.79 Å². The van der Waals surface area contributed by atoms with Gasteiger partial charge in [-0.1, -0.05) is 19.9 Å². The van der Waals surface area contributed by atoms with Crippen LogP contribution in [0.4, 0.5) is 0 Å². The van der Waals surface area contributed by atoms with E-state index in [0.717, 1.165) is 0 Å². The molecule has 0 bridgehead atoms. The highest BCUT2D eigenvalue weighted by atomic mass is 16.4. The Kier molecular flexibility index (Phi) is 4.80. The molecule has 1 aromatic rings. The van der Waals surface area contributed by atoms with E-state index in [-0.39, 0.29) is 23.3 Å². The zero-order chi connectivity index (χ0) is 16.3. The zero-order valence-electron chi connectivity index (χ0n) is 12.7. The van der Waals surface area contributed by atoms with Gasteiger partial charge < -0.3 is 15.3 Å². The number of amides is 2. The number of rotatable bonds is 4. The Labute approximate surface area is 129 Å². The first-order chi connectivity index (χ1) is 10.4. The molecule has 1 aliphatic rings. The largest absolute Gasteiger partial charge is 0.478 e. The van der Waals surface area contributed by atoms with Crippen molar-refractivity contribution in [3.63, 3.8) is 0 Å². The second-order valence-corrected chi connectivity index (χ2v) is 5.82.